The highest BCUT2D eigenvalue weighted by Gasteiger charge is 2.23. The van der Waals surface area contributed by atoms with Crippen LogP contribution in [0.4, 0.5) is 16.2 Å². The molecule has 0 spiro atoms. The maximum Gasteiger partial charge on any atom is 0.319 e. The zero-order valence-corrected chi connectivity index (χ0v) is 15.2. The number of benzene rings is 2. The zero-order chi connectivity index (χ0) is 18.8. The number of aromatic nitrogens is 1. The monoisotopic (exact) mass is 362 g/mol. The van der Waals surface area contributed by atoms with Crippen molar-refractivity contribution in [1.82, 2.24) is 9.88 Å². The highest BCUT2D eigenvalue weighted by molar-refractivity contribution is 6.06. The van der Waals surface area contributed by atoms with Crippen LogP contribution in [-0.2, 0) is 6.54 Å². The molecule has 138 valence electrons. The van der Waals surface area contributed by atoms with Crippen molar-refractivity contribution >= 4 is 34.2 Å². The van der Waals surface area contributed by atoms with Crippen LogP contribution in [0.2, 0.25) is 0 Å². The van der Waals surface area contributed by atoms with E-state index in [-0.39, 0.29) is 11.9 Å². The Morgan fingerprint density at radius 1 is 1.00 bits per heavy atom. The fourth-order valence-electron chi connectivity index (χ4n) is 3.15. The number of hydrogen-bond acceptors (Lipinski definition) is 2. The topological polar surface area (TPSA) is 75.2 Å². The third kappa shape index (κ3) is 3.79. The molecule has 3 N–H and O–H groups in total. The van der Waals surface area contributed by atoms with E-state index in [2.05, 4.69) is 16.0 Å². The van der Waals surface area contributed by atoms with Crippen LogP contribution in [0.3, 0.4) is 0 Å². The molecule has 27 heavy (non-hydrogen) atoms. The number of urea groups is 1. The minimum Gasteiger partial charge on any atom is -0.337 e. The zero-order valence-electron chi connectivity index (χ0n) is 15.2. The first-order valence-electron chi connectivity index (χ1n) is 9.21. The fraction of sp³-hybridized carbons (Fsp3) is 0.238. The van der Waals surface area contributed by atoms with E-state index in [9.17, 15) is 9.59 Å². The number of aryl methyl sites for hydroxylation is 1. The van der Waals surface area contributed by atoms with E-state index in [0.29, 0.717) is 23.1 Å². The highest BCUT2D eigenvalue weighted by atomic mass is 16.2. The van der Waals surface area contributed by atoms with E-state index in [0.717, 1.165) is 30.3 Å². The maximum atomic E-state index is 12.7. The first-order valence-corrected chi connectivity index (χ1v) is 9.21. The Balaban J connectivity index is 1.45. The van der Waals surface area contributed by atoms with Gasteiger partial charge in [-0.2, -0.15) is 0 Å². The Morgan fingerprint density at radius 2 is 1.67 bits per heavy atom. The van der Waals surface area contributed by atoms with Crippen molar-refractivity contribution in [2.24, 2.45) is 0 Å². The predicted octanol–water partition coefficient (Wildman–Crippen LogP) is 4.20. The number of amides is 3. The average molecular weight is 362 g/mol. The van der Waals surface area contributed by atoms with Crippen molar-refractivity contribution < 1.29 is 9.59 Å². The van der Waals surface area contributed by atoms with Crippen LogP contribution >= 0.6 is 0 Å². The molecule has 3 amide bonds. The van der Waals surface area contributed by atoms with Crippen LogP contribution in [0.15, 0.2) is 54.6 Å². The molecular formula is C21H22N4O2. The molecule has 6 nitrogen and oxygen atoms in total. The number of carbonyl (C=O) groups excluding carboxylic acids is 2. The first kappa shape index (κ1) is 17.1. The van der Waals surface area contributed by atoms with Gasteiger partial charge in [-0.05, 0) is 56.2 Å². The van der Waals surface area contributed by atoms with Crippen molar-refractivity contribution in [1.29, 1.82) is 0 Å². The first-order chi connectivity index (χ1) is 13.1. The molecule has 1 heterocycles. The van der Waals surface area contributed by atoms with Gasteiger partial charge < -0.3 is 20.5 Å². The van der Waals surface area contributed by atoms with Gasteiger partial charge in [-0.3, -0.25) is 4.79 Å². The molecule has 6 heteroatoms. The van der Waals surface area contributed by atoms with Gasteiger partial charge in [-0.25, -0.2) is 4.79 Å². The van der Waals surface area contributed by atoms with E-state index in [1.807, 2.05) is 41.8 Å². The molecule has 1 aliphatic rings. The van der Waals surface area contributed by atoms with Crippen LogP contribution in [0, 0.1) is 0 Å². The summed E-state index contributed by atoms with van der Waals surface area (Å²) in [6.45, 7) is 2.74. The summed E-state index contributed by atoms with van der Waals surface area (Å²) < 4.78 is 2.00. The second kappa shape index (κ2) is 7.15. The Hall–Kier alpha value is -3.28. The van der Waals surface area contributed by atoms with Crippen molar-refractivity contribution in [3.8, 4) is 0 Å². The summed E-state index contributed by atoms with van der Waals surface area (Å²) in [4.78, 5) is 24.5. The lowest BCUT2D eigenvalue weighted by atomic mass is 10.2. The normalized spacial score (nSPS) is 13.4. The van der Waals surface area contributed by atoms with Gasteiger partial charge >= 0.3 is 6.03 Å². The molecule has 3 aromatic rings. The van der Waals surface area contributed by atoms with Gasteiger partial charge in [-0.1, -0.05) is 18.2 Å². The molecular weight excluding hydrogens is 340 g/mol. The molecule has 1 saturated carbocycles. The van der Waals surface area contributed by atoms with E-state index in [4.69, 9.17) is 0 Å². The molecule has 0 saturated heterocycles. The largest absolute Gasteiger partial charge is 0.337 e. The van der Waals surface area contributed by atoms with Gasteiger partial charge in [0, 0.05) is 34.9 Å². The van der Waals surface area contributed by atoms with Crippen LogP contribution in [0.25, 0.3) is 10.9 Å². The molecule has 1 aliphatic carbocycles. The average Bonchev–Trinajstić information content (AvgIpc) is 3.39. The van der Waals surface area contributed by atoms with Gasteiger partial charge in [-0.15, -0.1) is 0 Å². The Labute approximate surface area is 157 Å². The number of rotatable bonds is 5. The molecule has 1 aromatic heterocycles. The van der Waals surface area contributed by atoms with Crippen molar-refractivity contribution in [3.63, 3.8) is 0 Å². The molecule has 0 bridgehead atoms. The minimum absolute atomic E-state index is 0.153. The summed E-state index contributed by atoms with van der Waals surface area (Å²) >= 11 is 0. The summed E-state index contributed by atoms with van der Waals surface area (Å²) in [5.41, 5.74) is 3.05. The number of fused-ring (bicyclic) bond motifs is 1. The maximum absolute atomic E-state index is 12.7. The van der Waals surface area contributed by atoms with Crippen LogP contribution in [-0.4, -0.2) is 22.5 Å². The summed E-state index contributed by atoms with van der Waals surface area (Å²) in [6.07, 6.45) is 2.10. The minimum atomic E-state index is -0.193. The SMILES string of the molecule is CCn1c(C(=O)Nc2ccc(NC(=O)NC3CC3)cc2)cc2ccccc21. The number of nitrogens with zero attached hydrogens (tertiary/aromatic N) is 1. The summed E-state index contributed by atoms with van der Waals surface area (Å²) in [5, 5.41) is 9.64. The highest BCUT2D eigenvalue weighted by Crippen LogP contribution is 2.22. The van der Waals surface area contributed by atoms with Crippen molar-refractivity contribution in [3.05, 3.63) is 60.3 Å². The van der Waals surface area contributed by atoms with Crippen molar-refractivity contribution in [2.45, 2.75) is 32.4 Å². The quantitative estimate of drug-likeness (QED) is 0.636. The number of hydrogen-bond donors (Lipinski definition) is 3. The smallest absolute Gasteiger partial charge is 0.319 e. The van der Waals surface area contributed by atoms with Crippen molar-refractivity contribution in [2.75, 3.05) is 10.6 Å². The van der Waals surface area contributed by atoms with Crippen LogP contribution in [0.1, 0.15) is 30.3 Å². The second-order valence-corrected chi connectivity index (χ2v) is 6.74. The Morgan fingerprint density at radius 3 is 2.33 bits per heavy atom. The lowest BCUT2D eigenvalue weighted by Gasteiger charge is -2.10. The third-order valence-corrected chi connectivity index (χ3v) is 4.67. The Kier molecular flexibility index (Phi) is 4.54. The van der Waals surface area contributed by atoms with Crippen LogP contribution in [0.5, 0.6) is 0 Å². The molecule has 0 radical (unpaired) electrons. The molecule has 2 aromatic carbocycles. The van der Waals surface area contributed by atoms with Gasteiger partial charge in [0.1, 0.15) is 5.69 Å². The van der Waals surface area contributed by atoms with Gasteiger partial charge in [0.2, 0.25) is 0 Å². The van der Waals surface area contributed by atoms with Gasteiger partial charge in [0.05, 0.1) is 0 Å². The number of anilines is 2. The fourth-order valence-corrected chi connectivity index (χ4v) is 3.15. The molecule has 0 aliphatic heterocycles. The van der Waals surface area contributed by atoms with Crippen LogP contribution < -0.4 is 16.0 Å². The van der Waals surface area contributed by atoms with E-state index in [1.54, 1.807) is 24.3 Å². The van der Waals surface area contributed by atoms with E-state index < -0.39 is 0 Å². The predicted molar refractivity (Wildman–Crippen MR) is 107 cm³/mol. The van der Waals surface area contributed by atoms with E-state index >= 15 is 0 Å². The van der Waals surface area contributed by atoms with E-state index in [1.165, 1.54) is 0 Å². The summed E-state index contributed by atoms with van der Waals surface area (Å²) in [7, 11) is 0. The molecule has 0 atom stereocenters. The lowest BCUT2D eigenvalue weighted by molar-refractivity contribution is 0.101. The molecule has 4 rings (SSSR count). The van der Waals surface area contributed by atoms with Gasteiger partial charge in [0.15, 0.2) is 0 Å². The number of nitrogens with one attached hydrogen (secondary N) is 3. The second-order valence-electron chi connectivity index (χ2n) is 6.74. The number of para-hydroxylation sites is 1. The molecule has 0 unspecified atom stereocenters. The standard InChI is InChI=1S/C21H22N4O2/c1-2-25-18-6-4-3-5-14(18)13-19(25)20(26)22-15-7-9-16(10-8-15)23-21(27)24-17-11-12-17/h3-10,13,17H,2,11-12H2,1H3,(H,22,26)(H2,23,24,27). The third-order valence-electron chi connectivity index (χ3n) is 4.67. The summed E-state index contributed by atoms with van der Waals surface area (Å²) in [6, 6.07) is 17.1. The molecule has 1 fully saturated rings. The summed E-state index contributed by atoms with van der Waals surface area (Å²) in [5.74, 6) is -0.153. The Bertz CT molecular complexity index is 987. The number of carbonyl (C=O) groups is 2. The van der Waals surface area contributed by atoms with Gasteiger partial charge in [0.25, 0.3) is 5.91 Å². The lowest BCUT2D eigenvalue weighted by Crippen LogP contribution is -2.30.